The van der Waals surface area contributed by atoms with Crippen molar-refractivity contribution in [2.45, 2.75) is 22.9 Å². The number of sulfone groups is 1. The molecular formula is C15H13ClF3NO4S2. The minimum atomic E-state index is -4.73. The first kappa shape index (κ1) is 20.5. The van der Waals surface area contributed by atoms with E-state index in [9.17, 15) is 30.0 Å². The molecule has 0 radical (unpaired) electrons. The molecule has 0 fully saturated rings. The molecule has 0 amide bonds. The summed E-state index contributed by atoms with van der Waals surface area (Å²) in [5, 5.41) is -0.379. The van der Waals surface area contributed by atoms with Gasteiger partial charge in [0.1, 0.15) is 4.90 Å². The summed E-state index contributed by atoms with van der Waals surface area (Å²) in [4.78, 5) is -0.737. The lowest BCUT2D eigenvalue weighted by Crippen LogP contribution is -2.15. The molecule has 5 nitrogen and oxygen atoms in total. The standard InChI is InChI=1S/C15H13ClF3NO4S2/c1-2-25(21,22)12-6-4-11(5-7-12)20-26(23,24)14-9-10(15(17,18)19)3-8-13(14)16/h3-9,20H,2H2,1H3. The molecule has 26 heavy (non-hydrogen) atoms. The summed E-state index contributed by atoms with van der Waals surface area (Å²) in [6.45, 7) is 1.46. The van der Waals surface area contributed by atoms with Crippen LogP contribution < -0.4 is 4.72 Å². The minimum Gasteiger partial charge on any atom is -0.280 e. The molecule has 2 rings (SSSR count). The molecule has 0 aliphatic heterocycles. The molecule has 0 aliphatic carbocycles. The highest BCUT2D eigenvalue weighted by Gasteiger charge is 2.32. The van der Waals surface area contributed by atoms with Crippen LogP contribution in [-0.2, 0) is 26.0 Å². The van der Waals surface area contributed by atoms with Gasteiger partial charge in [-0.2, -0.15) is 13.2 Å². The third kappa shape index (κ3) is 4.49. The van der Waals surface area contributed by atoms with Gasteiger partial charge in [0, 0.05) is 5.69 Å². The molecule has 11 heteroatoms. The number of halogens is 4. The summed E-state index contributed by atoms with van der Waals surface area (Å²) in [7, 11) is -7.87. The van der Waals surface area contributed by atoms with Gasteiger partial charge in [0.15, 0.2) is 9.84 Å². The van der Waals surface area contributed by atoms with Gasteiger partial charge in [-0.05, 0) is 42.5 Å². The zero-order chi connectivity index (χ0) is 19.8. The number of nitrogens with one attached hydrogen (secondary N) is 1. The molecule has 142 valence electrons. The van der Waals surface area contributed by atoms with Crippen molar-refractivity contribution in [2.75, 3.05) is 10.5 Å². The lowest BCUT2D eigenvalue weighted by Gasteiger charge is -2.13. The van der Waals surface area contributed by atoms with Gasteiger partial charge >= 0.3 is 6.18 Å². The normalized spacial score (nSPS) is 12.8. The predicted octanol–water partition coefficient (Wildman–Crippen LogP) is 3.95. The third-order valence-electron chi connectivity index (χ3n) is 3.39. The molecule has 0 spiro atoms. The van der Waals surface area contributed by atoms with E-state index in [4.69, 9.17) is 11.6 Å². The number of benzene rings is 2. The van der Waals surface area contributed by atoms with E-state index < -0.39 is 36.5 Å². The molecule has 0 saturated heterocycles. The Labute approximate surface area is 153 Å². The van der Waals surface area contributed by atoms with Crippen LogP contribution >= 0.6 is 11.6 Å². The zero-order valence-corrected chi connectivity index (χ0v) is 15.6. The van der Waals surface area contributed by atoms with Crippen molar-refractivity contribution in [3.05, 3.63) is 53.1 Å². The van der Waals surface area contributed by atoms with Crippen LogP contribution in [0.2, 0.25) is 5.02 Å². The quantitative estimate of drug-likeness (QED) is 0.783. The van der Waals surface area contributed by atoms with Gasteiger partial charge in [-0.25, -0.2) is 16.8 Å². The highest BCUT2D eigenvalue weighted by atomic mass is 35.5. The predicted molar refractivity (Wildman–Crippen MR) is 91.4 cm³/mol. The fraction of sp³-hybridized carbons (Fsp3) is 0.200. The van der Waals surface area contributed by atoms with E-state index in [2.05, 4.69) is 4.72 Å². The molecule has 0 aliphatic rings. The van der Waals surface area contributed by atoms with Gasteiger partial charge in [0.05, 0.1) is 21.2 Å². The number of hydrogen-bond donors (Lipinski definition) is 1. The van der Waals surface area contributed by atoms with E-state index in [1.807, 2.05) is 0 Å². The largest absolute Gasteiger partial charge is 0.416 e. The Morgan fingerprint density at radius 2 is 1.58 bits per heavy atom. The Bertz CT molecular complexity index is 1020. The second kappa shape index (κ2) is 7.09. The highest BCUT2D eigenvalue weighted by Crippen LogP contribution is 2.34. The van der Waals surface area contributed by atoms with Crippen molar-refractivity contribution in [3.63, 3.8) is 0 Å². The maximum Gasteiger partial charge on any atom is 0.416 e. The average Bonchev–Trinajstić information content (AvgIpc) is 2.54. The van der Waals surface area contributed by atoms with Crippen molar-refractivity contribution in [1.82, 2.24) is 0 Å². The van der Waals surface area contributed by atoms with E-state index in [1.54, 1.807) is 0 Å². The van der Waals surface area contributed by atoms with Crippen LogP contribution in [0.1, 0.15) is 12.5 Å². The maximum absolute atomic E-state index is 12.8. The lowest BCUT2D eigenvalue weighted by molar-refractivity contribution is -0.137. The first-order valence-corrected chi connectivity index (χ1v) is 10.6. The second-order valence-corrected chi connectivity index (χ2v) is 9.51. The van der Waals surface area contributed by atoms with Gasteiger partial charge in [-0.3, -0.25) is 4.72 Å². The second-order valence-electron chi connectivity index (χ2n) is 5.18. The maximum atomic E-state index is 12.8. The monoisotopic (exact) mass is 427 g/mol. The van der Waals surface area contributed by atoms with Crippen molar-refractivity contribution in [1.29, 1.82) is 0 Å². The molecule has 0 atom stereocenters. The van der Waals surface area contributed by atoms with Gasteiger partial charge < -0.3 is 0 Å². The topological polar surface area (TPSA) is 80.3 Å². The highest BCUT2D eigenvalue weighted by molar-refractivity contribution is 7.93. The van der Waals surface area contributed by atoms with Crippen LogP contribution in [-0.4, -0.2) is 22.6 Å². The summed E-state index contributed by atoms with van der Waals surface area (Å²) in [6.07, 6.45) is -4.73. The summed E-state index contributed by atoms with van der Waals surface area (Å²) in [5.74, 6) is -0.127. The third-order valence-corrected chi connectivity index (χ3v) is 7.01. The number of hydrogen-bond acceptors (Lipinski definition) is 4. The van der Waals surface area contributed by atoms with Crippen LogP contribution in [0.5, 0.6) is 0 Å². The lowest BCUT2D eigenvalue weighted by atomic mass is 10.2. The van der Waals surface area contributed by atoms with E-state index >= 15 is 0 Å². The summed E-state index contributed by atoms with van der Waals surface area (Å²) >= 11 is 5.74. The first-order valence-electron chi connectivity index (χ1n) is 7.09. The summed E-state index contributed by atoms with van der Waals surface area (Å²) in [5.41, 5.74) is -1.18. The van der Waals surface area contributed by atoms with Crippen molar-refractivity contribution in [2.24, 2.45) is 0 Å². The Balaban J connectivity index is 2.38. The molecule has 0 saturated carbocycles. The minimum absolute atomic E-state index is 0.0000455. The summed E-state index contributed by atoms with van der Waals surface area (Å²) in [6, 6.07) is 6.74. The van der Waals surface area contributed by atoms with Crippen LogP contribution in [0.25, 0.3) is 0 Å². The van der Waals surface area contributed by atoms with Gasteiger partial charge in [0.25, 0.3) is 10.0 Å². The van der Waals surface area contributed by atoms with Crippen LogP contribution in [0.3, 0.4) is 0 Å². The molecule has 0 unspecified atom stereocenters. The number of anilines is 1. The number of rotatable bonds is 5. The first-order chi connectivity index (χ1) is 11.9. The Morgan fingerprint density at radius 1 is 1.00 bits per heavy atom. The van der Waals surface area contributed by atoms with Crippen molar-refractivity contribution >= 4 is 37.1 Å². The Kier molecular flexibility index (Phi) is 5.60. The van der Waals surface area contributed by atoms with Crippen molar-refractivity contribution < 1.29 is 30.0 Å². The Morgan fingerprint density at radius 3 is 2.08 bits per heavy atom. The van der Waals surface area contributed by atoms with E-state index in [1.165, 1.54) is 31.2 Å². The molecular weight excluding hydrogens is 415 g/mol. The van der Waals surface area contributed by atoms with Crippen molar-refractivity contribution in [3.8, 4) is 0 Å². The molecule has 1 N–H and O–H groups in total. The van der Waals surface area contributed by atoms with Crippen LogP contribution in [0.15, 0.2) is 52.3 Å². The van der Waals surface area contributed by atoms with Gasteiger partial charge in [-0.15, -0.1) is 0 Å². The molecule has 0 heterocycles. The molecule has 2 aromatic carbocycles. The summed E-state index contributed by atoms with van der Waals surface area (Å²) < 4.78 is 88.6. The van der Waals surface area contributed by atoms with Gasteiger partial charge in [-0.1, -0.05) is 18.5 Å². The molecule has 2 aromatic rings. The number of sulfonamides is 1. The van der Waals surface area contributed by atoms with E-state index in [-0.39, 0.29) is 21.4 Å². The zero-order valence-electron chi connectivity index (χ0n) is 13.2. The molecule has 0 bridgehead atoms. The van der Waals surface area contributed by atoms with Crippen LogP contribution in [0, 0.1) is 0 Å². The van der Waals surface area contributed by atoms with Gasteiger partial charge in [0.2, 0.25) is 0 Å². The fourth-order valence-electron chi connectivity index (χ4n) is 1.99. The van der Waals surface area contributed by atoms with E-state index in [0.717, 1.165) is 6.07 Å². The fourth-order valence-corrected chi connectivity index (χ4v) is 4.46. The number of alkyl halides is 3. The average molecular weight is 428 g/mol. The van der Waals surface area contributed by atoms with E-state index in [0.29, 0.717) is 12.1 Å². The van der Waals surface area contributed by atoms with Crippen LogP contribution in [0.4, 0.5) is 18.9 Å². The Hall–Kier alpha value is -1.78. The smallest absolute Gasteiger partial charge is 0.280 e. The SMILES string of the molecule is CCS(=O)(=O)c1ccc(NS(=O)(=O)c2cc(C(F)(F)F)ccc2Cl)cc1. The molecule has 0 aromatic heterocycles.